The van der Waals surface area contributed by atoms with Gasteiger partial charge in [0, 0.05) is 7.05 Å². The minimum Gasteiger partial charge on any atom is -0.490 e. The van der Waals surface area contributed by atoms with Gasteiger partial charge in [-0.15, -0.1) is 11.3 Å². The first kappa shape index (κ1) is 17.5. The number of carbonyl (C=O) groups excluding carboxylic acids is 1. The molecule has 1 heterocycles. The molecule has 0 aliphatic carbocycles. The molecule has 0 saturated heterocycles. The van der Waals surface area contributed by atoms with Gasteiger partial charge >= 0.3 is 6.03 Å². The highest BCUT2D eigenvalue weighted by molar-refractivity contribution is 7.18. The number of hydrogen-bond donors (Lipinski definition) is 1. The Bertz CT molecular complexity index is 835. The van der Waals surface area contributed by atoms with Crippen molar-refractivity contribution >= 4 is 39.2 Å². The Morgan fingerprint density at radius 3 is 2.80 bits per heavy atom. The third-order valence-corrected chi connectivity index (χ3v) is 4.95. The Morgan fingerprint density at radius 2 is 2.00 bits per heavy atom. The predicted octanol–water partition coefficient (Wildman–Crippen LogP) is 4.17. The maximum atomic E-state index is 12.2. The third kappa shape index (κ3) is 4.61. The van der Waals surface area contributed by atoms with Crippen LogP contribution in [-0.2, 0) is 6.54 Å². The summed E-state index contributed by atoms with van der Waals surface area (Å²) in [6.45, 7) is 1.24. The van der Waals surface area contributed by atoms with Crippen LogP contribution in [0, 0.1) is 0 Å². The Labute approximate surface area is 155 Å². The summed E-state index contributed by atoms with van der Waals surface area (Å²) in [5.74, 6) is 0.618. The third-order valence-electron chi connectivity index (χ3n) is 3.60. The van der Waals surface area contributed by atoms with Crippen molar-refractivity contribution in [3.63, 3.8) is 0 Å². The van der Waals surface area contributed by atoms with E-state index in [9.17, 15) is 4.79 Å². The Hall–Kier alpha value is -2.31. The topological polar surface area (TPSA) is 54.5 Å². The van der Waals surface area contributed by atoms with Gasteiger partial charge in [0.2, 0.25) is 0 Å². The molecular formula is C18H18ClN3O2S. The van der Waals surface area contributed by atoms with Gasteiger partial charge in [0.1, 0.15) is 17.4 Å². The first-order valence-corrected chi connectivity index (χ1v) is 9.03. The van der Waals surface area contributed by atoms with Crippen molar-refractivity contribution in [3.05, 3.63) is 58.6 Å². The largest absolute Gasteiger partial charge is 0.490 e. The van der Waals surface area contributed by atoms with Crippen LogP contribution in [0.25, 0.3) is 10.2 Å². The fourth-order valence-electron chi connectivity index (χ4n) is 2.24. The Morgan fingerprint density at radius 1 is 1.24 bits per heavy atom. The molecule has 0 fully saturated rings. The Balaban J connectivity index is 1.45. The molecule has 130 valence electrons. The van der Waals surface area contributed by atoms with Crippen LogP contribution in [0.4, 0.5) is 4.79 Å². The van der Waals surface area contributed by atoms with Gasteiger partial charge in [-0.05, 0) is 24.3 Å². The highest BCUT2D eigenvalue weighted by atomic mass is 35.5. The molecule has 1 N–H and O–H groups in total. The van der Waals surface area contributed by atoms with E-state index in [4.69, 9.17) is 16.3 Å². The number of para-hydroxylation sites is 2. The predicted molar refractivity (Wildman–Crippen MR) is 101 cm³/mol. The van der Waals surface area contributed by atoms with Crippen molar-refractivity contribution in [3.8, 4) is 5.75 Å². The van der Waals surface area contributed by atoms with Gasteiger partial charge < -0.3 is 15.0 Å². The zero-order valence-electron chi connectivity index (χ0n) is 13.7. The van der Waals surface area contributed by atoms with Crippen molar-refractivity contribution in [1.82, 2.24) is 15.2 Å². The van der Waals surface area contributed by atoms with E-state index in [2.05, 4.69) is 10.3 Å². The van der Waals surface area contributed by atoms with E-state index in [0.29, 0.717) is 30.5 Å². The summed E-state index contributed by atoms with van der Waals surface area (Å²) in [6.07, 6.45) is 0. The molecule has 0 atom stereocenters. The number of ether oxygens (including phenoxy) is 1. The van der Waals surface area contributed by atoms with E-state index in [1.165, 1.54) is 0 Å². The van der Waals surface area contributed by atoms with Crippen LogP contribution in [0.3, 0.4) is 0 Å². The number of nitrogens with one attached hydrogen (secondary N) is 1. The first-order chi connectivity index (χ1) is 12.1. The number of aromatic nitrogens is 1. The van der Waals surface area contributed by atoms with Crippen molar-refractivity contribution < 1.29 is 9.53 Å². The molecule has 1 aromatic heterocycles. The minimum absolute atomic E-state index is 0.165. The molecule has 0 aliphatic heterocycles. The summed E-state index contributed by atoms with van der Waals surface area (Å²) >= 11 is 7.61. The minimum atomic E-state index is -0.165. The zero-order valence-corrected chi connectivity index (χ0v) is 15.3. The summed E-state index contributed by atoms with van der Waals surface area (Å²) in [5.41, 5.74) is 0.957. The molecule has 25 heavy (non-hydrogen) atoms. The maximum absolute atomic E-state index is 12.2. The van der Waals surface area contributed by atoms with Crippen LogP contribution in [0.2, 0.25) is 5.02 Å². The molecular weight excluding hydrogens is 358 g/mol. The molecule has 2 amide bonds. The Kier molecular flexibility index (Phi) is 5.73. The summed E-state index contributed by atoms with van der Waals surface area (Å²) < 4.78 is 6.72. The van der Waals surface area contributed by atoms with Gasteiger partial charge in [0.15, 0.2) is 0 Å². The van der Waals surface area contributed by atoms with Crippen molar-refractivity contribution in [2.75, 3.05) is 20.2 Å². The van der Waals surface area contributed by atoms with Gasteiger partial charge in [0.05, 0.1) is 28.3 Å². The second-order valence-corrected chi connectivity index (χ2v) is 6.96. The number of fused-ring (bicyclic) bond motifs is 1. The standard InChI is InChI=1S/C18H18ClN3O2S/c1-22(10-11-24-15-8-4-2-6-13(15)19)18(23)20-12-17-21-14-7-3-5-9-16(14)25-17/h2-9H,10-12H2,1H3,(H,20,23). The molecule has 0 unspecified atom stereocenters. The molecule has 0 bridgehead atoms. The smallest absolute Gasteiger partial charge is 0.317 e. The molecule has 2 aromatic carbocycles. The van der Waals surface area contributed by atoms with E-state index in [0.717, 1.165) is 15.2 Å². The first-order valence-electron chi connectivity index (χ1n) is 7.84. The highest BCUT2D eigenvalue weighted by Gasteiger charge is 2.10. The van der Waals surface area contributed by atoms with Crippen LogP contribution in [0.5, 0.6) is 5.75 Å². The molecule has 0 radical (unpaired) electrons. The average molecular weight is 376 g/mol. The molecule has 0 spiro atoms. The molecule has 3 rings (SSSR count). The van der Waals surface area contributed by atoms with Gasteiger partial charge in [-0.3, -0.25) is 0 Å². The van der Waals surface area contributed by atoms with Gasteiger partial charge in [-0.25, -0.2) is 9.78 Å². The molecule has 7 heteroatoms. The highest BCUT2D eigenvalue weighted by Crippen LogP contribution is 2.23. The van der Waals surface area contributed by atoms with Gasteiger partial charge in [-0.2, -0.15) is 0 Å². The SMILES string of the molecule is CN(CCOc1ccccc1Cl)C(=O)NCc1nc2ccccc2s1. The lowest BCUT2D eigenvalue weighted by molar-refractivity contribution is 0.195. The number of amides is 2. The normalized spacial score (nSPS) is 10.6. The monoisotopic (exact) mass is 375 g/mol. The van der Waals surface area contributed by atoms with E-state index in [-0.39, 0.29) is 6.03 Å². The fourth-order valence-corrected chi connectivity index (χ4v) is 3.33. The number of halogens is 1. The number of nitrogens with zero attached hydrogens (tertiary/aromatic N) is 2. The maximum Gasteiger partial charge on any atom is 0.317 e. The second kappa shape index (κ2) is 8.18. The number of rotatable bonds is 6. The van der Waals surface area contributed by atoms with Crippen LogP contribution < -0.4 is 10.1 Å². The van der Waals surface area contributed by atoms with E-state index in [1.807, 2.05) is 36.4 Å². The van der Waals surface area contributed by atoms with Crippen LogP contribution in [-0.4, -0.2) is 36.1 Å². The van der Waals surface area contributed by atoms with Crippen molar-refractivity contribution in [2.45, 2.75) is 6.54 Å². The van der Waals surface area contributed by atoms with Gasteiger partial charge in [-0.1, -0.05) is 35.9 Å². The number of benzene rings is 2. The van der Waals surface area contributed by atoms with Gasteiger partial charge in [0.25, 0.3) is 0 Å². The molecule has 5 nitrogen and oxygen atoms in total. The average Bonchev–Trinajstić information content (AvgIpc) is 3.04. The summed E-state index contributed by atoms with van der Waals surface area (Å²) in [4.78, 5) is 18.2. The summed E-state index contributed by atoms with van der Waals surface area (Å²) in [5, 5.41) is 4.32. The number of likely N-dealkylation sites (N-methyl/N-ethyl adjacent to an activating group) is 1. The second-order valence-electron chi connectivity index (χ2n) is 5.43. The van der Waals surface area contributed by atoms with Crippen LogP contribution >= 0.6 is 22.9 Å². The lowest BCUT2D eigenvalue weighted by atomic mass is 10.3. The lowest BCUT2D eigenvalue weighted by Crippen LogP contribution is -2.39. The number of thiazole rings is 1. The van der Waals surface area contributed by atoms with E-state index >= 15 is 0 Å². The molecule has 0 saturated carbocycles. The summed E-state index contributed by atoms with van der Waals surface area (Å²) in [6, 6.07) is 15.0. The number of urea groups is 1. The van der Waals surface area contributed by atoms with E-state index < -0.39 is 0 Å². The van der Waals surface area contributed by atoms with Crippen LogP contribution in [0.1, 0.15) is 5.01 Å². The number of hydrogen-bond acceptors (Lipinski definition) is 4. The zero-order chi connectivity index (χ0) is 17.6. The van der Waals surface area contributed by atoms with Crippen LogP contribution in [0.15, 0.2) is 48.5 Å². The van der Waals surface area contributed by atoms with Crippen molar-refractivity contribution in [1.29, 1.82) is 0 Å². The molecule has 0 aliphatic rings. The fraction of sp³-hybridized carbons (Fsp3) is 0.222. The molecule has 3 aromatic rings. The lowest BCUT2D eigenvalue weighted by Gasteiger charge is -2.18. The quantitative estimate of drug-likeness (QED) is 0.703. The summed E-state index contributed by atoms with van der Waals surface area (Å²) in [7, 11) is 1.73. The number of carbonyl (C=O) groups is 1. The van der Waals surface area contributed by atoms with Crippen molar-refractivity contribution in [2.24, 2.45) is 0 Å². The van der Waals surface area contributed by atoms with E-state index in [1.54, 1.807) is 35.4 Å².